The fourth-order valence-electron chi connectivity index (χ4n) is 2.80. The number of aliphatic hydroxyl groups is 1. The van der Waals surface area contributed by atoms with Gasteiger partial charge in [0.05, 0.1) is 0 Å². The molecular formula is C10H15F3OS. The predicted octanol–water partition coefficient (Wildman–Crippen LogP) is 3.04. The highest BCUT2D eigenvalue weighted by Gasteiger charge is 2.53. The number of aliphatic hydroxyl groups excluding tert-OH is 1. The van der Waals surface area contributed by atoms with E-state index in [1.807, 2.05) is 0 Å². The molecule has 2 rings (SSSR count). The first-order valence-electron chi connectivity index (χ1n) is 5.26. The van der Waals surface area contributed by atoms with Crippen molar-refractivity contribution in [1.82, 2.24) is 0 Å². The summed E-state index contributed by atoms with van der Waals surface area (Å²) in [7, 11) is 0. The molecule has 1 N–H and O–H groups in total. The summed E-state index contributed by atoms with van der Waals surface area (Å²) in [6.07, 6.45) is 3.61. The van der Waals surface area contributed by atoms with Gasteiger partial charge in [-0.2, -0.15) is 13.2 Å². The molecule has 2 saturated carbocycles. The molecule has 0 spiro atoms. The van der Waals surface area contributed by atoms with E-state index in [1.54, 1.807) is 0 Å². The predicted molar refractivity (Wildman–Crippen MR) is 53.5 cm³/mol. The van der Waals surface area contributed by atoms with Gasteiger partial charge in [-0.05, 0) is 42.9 Å². The number of thioether (sulfide) groups is 1. The van der Waals surface area contributed by atoms with E-state index in [2.05, 4.69) is 0 Å². The highest BCUT2D eigenvalue weighted by molar-refractivity contribution is 8.00. The number of fused-ring (bicyclic) bond motifs is 1. The maximum Gasteiger partial charge on any atom is 0.441 e. The van der Waals surface area contributed by atoms with E-state index in [4.69, 9.17) is 0 Å². The van der Waals surface area contributed by atoms with Crippen molar-refractivity contribution in [3.63, 3.8) is 0 Å². The van der Waals surface area contributed by atoms with Crippen molar-refractivity contribution >= 4 is 11.8 Å². The minimum atomic E-state index is -4.13. The van der Waals surface area contributed by atoms with Gasteiger partial charge in [-0.3, -0.25) is 0 Å². The lowest BCUT2D eigenvalue weighted by Gasteiger charge is -2.28. The Morgan fingerprint density at radius 1 is 1.27 bits per heavy atom. The molecule has 5 heteroatoms. The SMILES string of the molecule is OCC1(CCSC(F)(F)F)CC2CC2C1. The molecule has 2 unspecified atom stereocenters. The number of hydrogen-bond donors (Lipinski definition) is 1. The van der Waals surface area contributed by atoms with Gasteiger partial charge in [0.25, 0.3) is 0 Å². The lowest BCUT2D eigenvalue weighted by Crippen LogP contribution is -2.25. The van der Waals surface area contributed by atoms with Gasteiger partial charge in [0.1, 0.15) is 0 Å². The number of alkyl halides is 3. The molecule has 1 nitrogen and oxygen atoms in total. The molecule has 0 aromatic rings. The quantitative estimate of drug-likeness (QED) is 0.815. The van der Waals surface area contributed by atoms with Crippen LogP contribution in [-0.2, 0) is 0 Å². The summed E-state index contributed by atoms with van der Waals surface area (Å²) in [5, 5.41) is 9.29. The Hall–Kier alpha value is 0.100. The van der Waals surface area contributed by atoms with Crippen molar-refractivity contribution in [3.8, 4) is 0 Å². The van der Waals surface area contributed by atoms with Gasteiger partial charge in [-0.1, -0.05) is 11.8 Å². The summed E-state index contributed by atoms with van der Waals surface area (Å²) in [4.78, 5) is 0. The Morgan fingerprint density at radius 2 is 1.87 bits per heavy atom. The third-order valence-electron chi connectivity index (χ3n) is 3.69. The molecule has 0 saturated heterocycles. The fraction of sp³-hybridized carbons (Fsp3) is 1.00. The molecule has 2 aliphatic carbocycles. The van der Waals surface area contributed by atoms with Crippen molar-refractivity contribution in [2.45, 2.75) is 31.2 Å². The van der Waals surface area contributed by atoms with Crippen molar-refractivity contribution in [2.24, 2.45) is 17.3 Å². The largest absolute Gasteiger partial charge is 0.441 e. The second-order valence-corrected chi connectivity index (χ2v) is 6.03. The van der Waals surface area contributed by atoms with E-state index in [1.165, 1.54) is 6.42 Å². The molecule has 0 radical (unpaired) electrons. The van der Waals surface area contributed by atoms with Crippen LogP contribution in [0.1, 0.15) is 25.7 Å². The van der Waals surface area contributed by atoms with Crippen LogP contribution in [0.25, 0.3) is 0 Å². The van der Waals surface area contributed by atoms with E-state index in [0.717, 1.165) is 12.8 Å². The van der Waals surface area contributed by atoms with E-state index in [-0.39, 0.29) is 29.5 Å². The van der Waals surface area contributed by atoms with Crippen LogP contribution in [0.2, 0.25) is 0 Å². The van der Waals surface area contributed by atoms with Crippen LogP contribution in [0.5, 0.6) is 0 Å². The van der Waals surface area contributed by atoms with Gasteiger partial charge in [0.2, 0.25) is 0 Å². The second-order valence-electron chi connectivity index (χ2n) is 4.87. The maximum absolute atomic E-state index is 11.9. The molecule has 2 atom stereocenters. The first kappa shape index (κ1) is 11.6. The first-order valence-corrected chi connectivity index (χ1v) is 6.24. The lowest BCUT2D eigenvalue weighted by molar-refractivity contribution is -0.0330. The molecule has 0 bridgehead atoms. The Balaban J connectivity index is 1.77. The van der Waals surface area contributed by atoms with Crippen molar-refractivity contribution < 1.29 is 18.3 Å². The molecule has 0 aliphatic heterocycles. The molecule has 15 heavy (non-hydrogen) atoms. The zero-order chi connectivity index (χ0) is 11.1. The Kier molecular flexibility index (Phi) is 2.97. The van der Waals surface area contributed by atoms with Crippen LogP contribution in [-0.4, -0.2) is 23.0 Å². The number of halogens is 3. The monoisotopic (exact) mass is 240 g/mol. The molecule has 0 aromatic heterocycles. The average molecular weight is 240 g/mol. The zero-order valence-electron chi connectivity index (χ0n) is 8.39. The van der Waals surface area contributed by atoms with Crippen molar-refractivity contribution in [3.05, 3.63) is 0 Å². The molecule has 88 valence electrons. The summed E-state index contributed by atoms with van der Waals surface area (Å²) in [6, 6.07) is 0. The van der Waals surface area contributed by atoms with Crippen LogP contribution < -0.4 is 0 Å². The summed E-state index contributed by atoms with van der Waals surface area (Å²) in [6.45, 7) is 0.0540. The molecule has 2 fully saturated rings. The molecule has 0 heterocycles. The van der Waals surface area contributed by atoms with E-state index >= 15 is 0 Å². The maximum atomic E-state index is 11.9. The lowest BCUT2D eigenvalue weighted by atomic mass is 9.81. The Morgan fingerprint density at radius 3 is 2.33 bits per heavy atom. The van der Waals surface area contributed by atoms with Crippen LogP contribution in [0.3, 0.4) is 0 Å². The molecule has 2 aliphatic rings. The minimum Gasteiger partial charge on any atom is -0.396 e. The standard InChI is InChI=1S/C10H15F3OS/c11-10(12,13)15-2-1-9(6-14)4-7-3-8(7)5-9/h7-8,14H,1-6H2. The summed E-state index contributed by atoms with van der Waals surface area (Å²) < 4.78 is 35.8. The van der Waals surface area contributed by atoms with E-state index < -0.39 is 5.51 Å². The number of rotatable bonds is 4. The molecule has 0 aromatic carbocycles. The van der Waals surface area contributed by atoms with Gasteiger partial charge >= 0.3 is 5.51 Å². The second kappa shape index (κ2) is 3.84. The topological polar surface area (TPSA) is 20.2 Å². The Bertz CT molecular complexity index is 231. The van der Waals surface area contributed by atoms with Crippen LogP contribution >= 0.6 is 11.8 Å². The third kappa shape index (κ3) is 2.81. The van der Waals surface area contributed by atoms with E-state index in [9.17, 15) is 18.3 Å². The van der Waals surface area contributed by atoms with Gasteiger partial charge in [-0.15, -0.1) is 0 Å². The van der Waals surface area contributed by atoms with Gasteiger partial charge in [0, 0.05) is 12.4 Å². The first-order chi connectivity index (χ1) is 6.94. The van der Waals surface area contributed by atoms with Gasteiger partial charge < -0.3 is 5.11 Å². The van der Waals surface area contributed by atoms with Crippen molar-refractivity contribution in [2.75, 3.05) is 12.4 Å². The Labute approximate surface area is 91.4 Å². The van der Waals surface area contributed by atoms with Crippen molar-refractivity contribution in [1.29, 1.82) is 0 Å². The number of hydrogen-bond acceptors (Lipinski definition) is 2. The molecular weight excluding hydrogens is 225 g/mol. The van der Waals surface area contributed by atoms with Crippen LogP contribution in [0.15, 0.2) is 0 Å². The summed E-state index contributed by atoms with van der Waals surface area (Å²) in [5.41, 5.74) is -4.32. The van der Waals surface area contributed by atoms with Crippen LogP contribution in [0, 0.1) is 17.3 Å². The normalized spacial score (nSPS) is 39.2. The third-order valence-corrected chi connectivity index (χ3v) is 4.43. The molecule has 0 amide bonds. The highest BCUT2D eigenvalue weighted by Crippen LogP contribution is 2.61. The minimum absolute atomic E-state index is 0.0393. The summed E-state index contributed by atoms with van der Waals surface area (Å²) >= 11 is 0.0393. The van der Waals surface area contributed by atoms with E-state index in [0.29, 0.717) is 18.3 Å². The average Bonchev–Trinajstić information content (AvgIpc) is 2.73. The smallest absolute Gasteiger partial charge is 0.396 e. The van der Waals surface area contributed by atoms with Gasteiger partial charge in [-0.25, -0.2) is 0 Å². The zero-order valence-corrected chi connectivity index (χ0v) is 9.20. The summed E-state index contributed by atoms with van der Waals surface area (Å²) in [5.74, 6) is 1.49. The van der Waals surface area contributed by atoms with Gasteiger partial charge in [0.15, 0.2) is 0 Å². The van der Waals surface area contributed by atoms with Crippen LogP contribution in [0.4, 0.5) is 13.2 Å². The fourth-order valence-corrected chi connectivity index (χ4v) is 3.57. The highest BCUT2D eigenvalue weighted by atomic mass is 32.2.